The van der Waals surface area contributed by atoms with Crippen molar-refractivity contribution in [2.75, 3.05) is 13.4 Å². The summed E-state index contributed by atoms with van der Waals surface area (Å²) in [6.07, 6.45) is 2.15. The third-order valence-corrected chi connectivity index (χ3v) is 3.03. The van der Waals surface area contributed by atoms with E-state index in [-0.39, 0.29) is 0 Å². The molecule has 3 heteroatoms. The predicted octanol–water partition coefficient (Wildman–Crippen LogP) is 2.81. The van der Waals surface area contributed by atoms with Crippen LogP contribution in [0.2, 0.25) is 0 Å². The maximum Gasteiger partial charge on any atom is 0.189 e. The molecule has 0 saturated heterocycles. The summed E-state index contributed by atoms with van der Waals surface area (Å²) < 4.78 is 11.0. The molecule has 2 rings (SSSR count). The van der Waals surface area contributed by atoms with Crippen LogP contribution in [0.5, 0.6) is 5.75 Å². The predicted molar refractivity (Wildman–Crippen MR) is 66.0 cm³/mol. The Balaban J connectivity index is 1.82. The standard InChI is InChI=1S/C14H20O3/c1-10-7-13(11(2)15)5-6-14(10)17-9-16-8-12-3-4-12/h5-7,11-12,15H,3-4,8-9H2,1-2H3/t11-/m0/s1. The number of aliphatic hydroxyl groups is 1. The molecule has 1 aliphatic carbocycles. The van der Waals surface area contributed by atoms with Gasteiger partial charge in [-0.25, -0.2) is 0 Å². The molecular weight excluding hydrogens is 216 g/mol. The van der Waals surface area contributed by atoms with Gasteiger partial charge in [-0.05, 0) is 55.9 Å². The SMILES string of the molecule is Cc1cc([C@H](C)O)ccc1OCOCC1CC1. The number of rotatable bonds is 6. The third-order valence-electron chi connectivity index (χ3n) is 3.03. The van der Waals surface area contributed by atoms with Gasteiger partial charge in [-0.1, -0.05) is 6.07 Å². The van der Waals surface area contributed by atoms with Crippen LogP contribution in [0.25, 0.3) is 0 Å². The summed E-state index contributed by atoms with van der Waals surface area (Å²) in [4.78, 5) is 0. The van der Waals surface area contributed by atoms with Gasteiger partial charge in [-0.2, -0.15) is 0 Å². The highest BCUT2D eigenvalue weighted by Crippen LogP contribution is 2.29. The topological polar surface area (TPSA) is 38.7 Å². The highest BCUT2D eigenvalue weighted by molar-refractivity contribution is 5.36. The average molecular weight is 236 g/mol. The zero-order valence-corrected chi connectivity index (χ0v) is 10.5. The molecule has 1 atom stereocenters. The van der Waals surface area contributed by atoms with Crippen molar-refractivity contribution < 1.29 is 14.6 Å². The summed E-state index contributed by atoms with van der Waals surface area (Å²) in [6.45, 7) is 4.85. The van der Waals surface area contributed by atoms with E-state index in [1.54, 1.807) is 6.92 Å². The number of benzene rings is 1. The van der Waals surface area contributed by atoms with Crippen molar-refractivity contribution in [3.8, 4) is 5.75 Å². The van der Waals surface area contributed by atoms with Crippen molar-refractivity contribution in [3.63, 3.8) is 0 Å². The number of hydrogen-bond donors (Lipinski definition) is 1. The molecule has 0 bridgehead atoms. The molecule has 1 aromatic carbocycles. The van der Waals surface area contributed by atoms with Crippen molar-refractivity contribution in [3.05, 3.63) is 29.3 Å². The molecular formula is C14H20O3. The molecule has 0 aromatic heterocycles. The molecule has 3 nitrogen and oxygen atoms in total. The van der Waals surface area contributed by atoms with E-state index >= 15 is 0 Å². The average Bonchev–Trinajstić information content (AvgIpc) is 3.09. The first-order valence-corrected chi connectivity index (χ1v) is 6.16. The minimum Gasteiger partial charge on any atom is -0.467 e. The second-order valence-electron chi connectivity index (χ2n) is 4.78. The third kappa shape index (κ3) is 3.72. The summed E-state index contributed by atoms with van der Waals surface area (Å²) in [5, 5.41) is 9.46. The fourth-order valence-electron chi connectivity index (χ4n) is 1.70. The molecule has 0 heterocycles. The van der Waals surface area contributed by atoms with Gasteiger partial charge in [-0.3, -0.25) is 0 Å². The molecule has 0 aliphatic heterocycles. The van der Waals surface area contributed by atoms with Crippen LogP contribution in [0.4, 0.5) is 0 Å². The summed E-state index contributed by atoms with van der Waals surface area (Å²) in [6, 6.07) is 5.71. The fraction of sp³-hybridized carbons (Fsp3) is 0.571. The van der Waals surface area contributed by atoms with Crippen LogP contribution in [0.3, 0.4) is 0 Å². The molecule has 1 saturated carbocycles. The van der Waals surface area contributed by atoms with Gasteiger partial charge < -0.3 is 14.6 Å². The van der Waals surface area contributed by atoms with Gasteiger partial charge in [0.15, 0.2) is 6.79 Å². The van der Waals surface area contributed by atoms with Crippen LogP contribution in [-0.4, -0.2) is 18.5 Å². The van der Waals surface area contributed by atoms with E-state index in [2.05, 4.69) is 0 Å². The minimum absolute atomic E-state index is 0.311. The second kappa shape index (κ2) is 5.52. The van der Waals surface area contributed by atoms with Gasteiger partial charge >= 0.3 is 0 Å². The molecule has 1 N–H and O–H groups in total. The van der Waals surface area contributed by atoms with Gasteiger partial charge in [-0.15, -0.1) is 0 Å². The molecule has 0 spiro atoms. The molecule has 17 heavy (non-hydrogen) atoms. The molecule has 0 radical (unpaired) electrons. The second-order valence-corrected chi connectivity index (χ2v) is 4.78. The molecule has 0 unspecified atom stereocenters. The lowest BCUT2D eigenvalue weighted by Crippen LogP contribution is -2.06. The molecule has 94 valence electrons. The van der Waals surface area contributed by atoms with E-state index in [0.717, 1.165) is 29.4 Å². The number of aliphatic hydroxyl groups excluding tert-OH is 1. The van der Waals surface area contributed by atoms with E-state index in [9.17, 15) is 5.11 Å². The fourth-order valence-corrected chi connectivity index (χ4v) is 1.70. The van der Waals surface area contributed by atoms with Gasteiger partial charge in [0.1, 0.15) is 5.75 Å². The van der Waals surface area contributed by atoms with E-state index in [1.165, 1.54) is 12.8 Å². The lowest BCUT2D eigenvalue weighted by Gasteiger charge is -2.12. The zero-order chi connectivity index (χ0) is 12.3. The number of hydrogen-bond acceptors (Lipinski definition) is 3. The van der Waals surface area contributed by atoms with Gasteiger partial charge in [0, 0.05) is 0 Å². The number of ether oxygens (including phenoxy) is 2. The summed E-state index contributed by atoms with van der Waals surface area (Å²) in [5.41, 5.74) is 1.94. The van der Waals surface area contributed by atoms with E-state index < -0.39 is 6.10 Å². The molecule has 0 amide bonds. The van der Waals surface area contributed by atoms with Gasteiger partial charge in [0.25, 0.3) is 0 Å². The Kier molecular flexibility index (Phi) is 4.02. The van der Waals surface area contributed by atoms with Crippen LogP contribution in [0.15, 0.2) is 18.2 Å². The van der Waals surface area contributed by atoms with Crippen molar-refractivity contribution in [2.45, 2.75) is 32.8 Å². The van der Waals surface area contributed by atoms with Crippen molar-refractivity contribution >= 4 is 0 Å². The smallest absolute Gasteiger partial charge is 0.189 e. The Labute approximate surface area is 102 Å². The monoisotopic (exact) mass is 236 g/mol. The Morgan fingerprint density at radius 3 is 2.76 bits per heavy atom. The van der Waals surface area contributed by atoms with Crippen LogP contribution in [-0.2, 0) is 4.74 Å². The normalized spacial score (nSPS) is 16.9. The first-order valence-electron chi connectivity index (χ1n) is 6.16. The van der Waals surface area contributed by atoms with Crippen molar-refractivity contribution in [2.24, 2.45) is 5.92 Å². The first-order chi connectivity index (χ1) is 8.16. The van der Waals surface area contributed by atoms with Crippen molar-refractivity contribution in [1.29, 1.82) is 0 Å². The minimum atomic E-state index is -0.436. The lowest BCUT2D eigenvalue weighted by atomic mass is 10.1. The van der Waals surface area contributed by atoms with Crippen LogP contribution in [0.1, 0.15) is 37.0 Å². The maximum atomic E-state index is 9.46. The quantitative estimate of drug-likeness (QED) is 0.609. The Morgan fingerprint density at radius 1 is 1.41 bits per heavy atom. The number of aryl methyl sites for hydroxylation is 1. The molecule has 1 aliphatic rings. The van der Waals surface area contributed by atoms with E-state index in [4.69, 9.17) is 9.47 Å². The Bertz CT molecular complexity index is 370. The Hall–Kier alpha value is -1.06. The van der Waals surface area contributed by atoms with Crippen LogP contribution >= 0.6 is 0 Å². The largest absolute Gasteiger partial charge is 0.467 e. The summed E-state index contributed by atoms with van der Waals surface area (Å²) in [5.74, 6) is 1.59. The van der Waals surface area contributed by atoms with Crippen LogP contribution < -0.4 is 4.74 Å². The van der Waals surface area contributed by atoms with Gasteiger partial charge in [0.05, 0.1) is 12.7 Å². The lowest BCUT2D eigenvalue weighted by molar-refractivity contribution is 0.00958. The van der Waals surface area contributed by atoms with Crippen LogP contribution in [0, 0.1) is 12.8 Å². The maximum absolute atomic E-state index is 9.46. The molecule has 1 aromatic rings. The molecule has 1 fully saturated rings. The summed E-state index contributed by atoms with van der Waals surface area (Å²) in [7, 11) is 0. The highest BCUT2D eigenvalue weighted by Gasteiger charge is 2.21. The van der Waals surface area contributed by atoms with Gasteiger partial charge in [0.2, 0.25) is 0 Å². The van der Waals surface area contributed by atoms with Crippen molar-refractivity contribution in [1.82, 2.24) is 0 Å². The first kappa shape index (κ1) is 12.4. The zero-order valence-electron chi connectivity index (χ0n) is 10.5. The summed E-state index contributed by atoms with van der Waals surface area (Å²) >= 11 is 0. The van der Waals surface area contributed by atoms with E-state index in [1.807, 2.05) is 25.1 Å². The Morgan fingerprint density at radius 2 is 2.18 bits per heavy atom. The highest BCUT2D eigenvalue weighted by atomic mass is 16.7. The van der Waals surface area contributed by atoms with E-state index in [0.29, 0.717) is 6.79 Å².